The van der Waals surface area contributed by atoms with E-state index in [4.69, 9.17) is 20.5 Å². The van der Waals surface area contributed by atoms with E-state index in [2.05, 4.69) is 10.6 Å². The molecule has 22 heavy (non-hydrogen) atoms. The van der Waals surface area contributed by atoms with Gasteiger partial charge >= 0.3 is 0 Å². The Morgan fingerprint density at radius 1 is 1.23 bits per heavy atom. The summed E-state index contributed by atoms with van der Waals surface area (Å²) in [6.07, 6.45) is 0.673. The SMILES string of the molecule is COCCCNc1c(F)cccc1NC(C#N)=C(C#N)C#N. The third-order valence-corrected chi connectivity index (χ3v) is 2.69. The molecule has 0 amide bonds. The van der Waals surface area contributed by atoms with Crippen LogP contribution in [0.2, 0.25) is 0 Å². The van der Waals surface area contributed by atoms with Gasteiger partial charge in [0.15, 0.2) is 5.57 Å². The second-order valence-electron chi connectivity index (χ2n) is 4.15. The molecule has 0 fully saturated rings. The van der Waals surface area contributed by atoms with Gasteiger partial charge in [-0.1, -0.05) is 6.07 Å². The fraction of sp³-hybridized carbons (Fsp3) is 0.267. The minimum atomic E-state index is -0.504. The molecule has 0 atom stereocenters. The maximum absolute atomic E-state index is 13.9. The molecular weight excluding hydrogens is 285 g/mol. The standard InChI is InChI=1S/C15H14FN5O/c1-22-7-3-6-20-15-12(16)4-2-5-13(15)21-14(10-19)11(8-17)9-18/h2,4-5,20-21H,3,6-7H2,1H3. The van der Waals surface area contributed by atoms with Gasteiger partial charge in [-0.3, -0.25) is 0 Å². The van der Waals surface area contributed by atoms with E-state index in [0.717, 1.165) is 0 Å². The van der Waals surface area contributed by atoms with E-state index in [-0.39, 0.29) is 22.6 Å². The predicted molar refractivity (Wildman–Crippen MR) is 78.9 cm³/mol. The van der Waals surface area contributed by atoms with Crippen molar-refractivity contribution in [2.45, 2.75) is 6.42 Å². The van der Waals surface area contributed by atoms with Gasteiger partial charge in [0.2, 0.25) is 0 Å². The zero-order valence-electron chi connectivity index (χ0n) is 12.0. The van der Waals surface area contributed by atoms with E-state index >= 15 is 0 Å². The van der Waals surface area contributed by atoms with E-state index in [1.165, 1.54) is 12.1 Å². The summed E-state index contributed by atoms with van der Waals surface area (Å²) < 4.78 is 18.8. The Balaban J connectivity index is 3.03. The van der Waals surface area contributed by atoms with Gasteiger partial charge in [0.25, 0.3) is 0 Å². The van der Waals surface area contributed by atoms with Gasteiger partial charge in [-0.2, -0.15) is 15.8 Å². The highest BCUT2D eigenvalue weighted by molar-refractivity contribution is 5.73. The summed E-state index contributed by atoms with van der Waals surface area (Å²) in [7, 11) is 1.57. The van der Waals surface area contributed by atoms with E-state index < -0.39 is 5.82 Å². The quantitative estimate of drug-likeness (QED) is 0.592. The minimum Gasteiger partial charge on any atom is -0.385 e. The first-order valence-corrected chi connectivity index (χ1v) is 6.40. The Labute approximate surface area is 128 Å². The zero-order valence-corrected chi connectivity index (χ0v) is 12.0. The summed E-state index contributed by atoms with van der Waals surface area (Å²) in [5.74, 6) is -0.504. The molecule has 0 bridgehead atoms. The van der Waals surface area contributed by atoms with Crippen molar-refractivity contribution >= 4 is 11.4 Å². The number of ether oxygens (including phenoxy) is 1. The molecule has 0 heterocycles. The van der Waals surface area contributed by atoms with Crippen molar-refractivity contribution in [3.8, 4) is 18.2 Å². The van der Waals surface area contributed by atoms with Crippen molar-refractivity contribution in [3.05, 3.63) is 35.3 Å². The van der Waals surface area contributed by atoms with Gasteiger partial charge in [-0.25, -0.2) is 4.39 Å². The van der Waals surface area contributed by atoms with Crippen LogP contribution in [0.3, 0.4) is 0 Å². The average molecular weight is 299 g/mol. The number of nitrogens with one attached hydrogen (secondary N) is 2. The summed E-state index contributed by atoms with van der Waals surface area (Å²) in [5.41, 5.74) is -0.147. The fourth-order valence-electron chi connectivity index (χ4n) is 1.66. The number of nitriles is 3. The second-order valence-corrected chi connectivity index (χ2v) is 4.15. The minimum absolute atomic E-state index is 0.168. The number of benzene rings is 1. The van der Waals surface area contributed by atoms with Crippen LogP contribution in [0.25, 0.3) is 0 Å². The molecule has 1 rings (SSSR count). The molecule has 0 aliphatic heterocycles. The lowest BCUT2D eigenvalue weighted by atomic mass is 10.2. The van der Waals surface area contributed by atoms with E-state index in [1.54, 1.807) is 31.4 Å². The molecule has 7 heteroatoms. The molecule has 0 aliphatic rings. The zero-order chi connectivity index (χ0) is 16.4. The number of rotatable bonds is 7. The van der Waals surface area contributed by atoms with Crippen molar-refractivity contribution in [1.82, 2.24) is 0 Å². The molecule has 1 aromatic rings. The molecule has 1 aromatic carbocycles. The summed E-state index contributed by atoms with van der Waals surface area (Å²) in [4.78, 5) is 0. The lowest BCUT2D eigenvalue weighted by Gasteiger charge is -2.14. The number of methoxy groups -OCH3 is 1. The van der Waals surface area contributed by atoms with E-state index in [0.29, 0.717) is 19.6 Å². The highest BCUT2D eigenvalue weighted by Crippen LogP contribution is 2.26. The normalized spacial score (nSPS) is 9.05. The van der Waals surface area contributed by atoms with Crippen LogP contribution in [-0.2, 0) is 4.74 Å². The first-order valence-electron chi connectivity index (χ1n) is 6.40. The van der Waals surface area contributed by atoms with Crippen molar-refractivity contribution in [1.29, 1.82) is 15.8 Å². The molecule has 0 aromatic heterocycles. The van der Waals surface area contributed by atoms with Crippen LogP contribution in [0.5, 0.6) is 0 Å². The predicted octanol–water partition coefficient (Wildman–Crippen LogP) is 2.51. The van der Waals surface area contributed by atoms with Crippen LogP contribution in [0.4, 0.5) is 15.8 Å². The monoisotopic (exact) mass is 299 g/mol. The highest BCUT2D eigenvalue weighted by atomic mass is 19.1. The first-order chi connectivity index (χ1) is 10.7. The lowest BCUT2D eigenvalue weighted by molar-refractivity contribution is 0.198. The largest absolute Gasteiger partial charge is 0.385 e. The Kier molecular flexibility index (Phi) is 6.92. The summed E-state index contributed by atoms with van der Waals surface area (Å²) in [6.45, 7) is 0.999. The Morgan fingerprint density at radius 2 is 1.95 bits per heavy atom. The van der Waals surface area contributed by atoms with E-state index in [9.17, 15) is 4.39 Å². The van der Waals surface area contributed by atoms with Crippen LogP contribution >= 0.6 is 0 Å². The summed E-state index contributed by atoms with van der Waals surface area (Å²) >= 11 is 0. The van der Waals surface area contributed by atoms with Gasteiger partial charge < -0.3 is 15.4 Å². The second kappa shape index (κ2) is 8.97. The van der Waals surface area contributed by atoms with Crippen molar-refractivity contribution in [2.75, 3.05) is 30.9 Å². The first kappa shape index (κ1) is 17.0. The Morgan fingerprint density at radius 3 is 2.55 bits per heavy atom. The highest BCUT2D eigenvalue weighted by Gasteiger charge is 2.12. The Hall–Kier alpha value is -3.08. The molecule has 0 saturated heterocycles. The third-order valence-electron chi connectivity index (χ3n) is 2.69. The van der Waals surface area contributed by atoms with Crippen LogP contribution in [0.15, 0.2) is 29.5 Å². The maximum Gasteiger partial charge on any atom is 0.163 e. The molecule has 112 valence electrons. The number of nitrogens with zero attached hydrogens (tertiary/aromatic N) is 3. The van der Waals surface area contributed by atoms with Crippen molar-refractivity contribution in [2.24, 2.45) is 0 Å². The molecule has 6 nitrogen and oxygen atoms in total. The average Bonchev–Trinajstić information content (AvgIpc) is 2.53. The maximum atomic E-state index is 13.9. The van der Waals surface area contributed by atoms with Gasteiger partial charge in [0.05, 0.1) is 11.4 Å². The number of hydrogen-bond acceptors (Lipinski definition) is 6. The number of anilines is 2. The van der Waals surface area contributed by atoms with Crippen LogP contribution in [0.1, 0.15) is 6.42 Å². The molecule has 2 N–H and O–H groups in total. The van der Waals surface area contributed by atoms with Gasteiger partial charge in [0, 0.05) is 20.3 Å². The number of hydrogen-bond donors (Lipinski definition) is 2. The molecule has 0 spiro atoms. The van der Waals surface area contributed by atoms with E-state index in [1.807, 2.05) is 0 Å². The molecule has 0 unspecified atom stereocenters. The number of allylic oxidation sites excluding steroid dienone is 2. The molecule has 0 aliphatic carbocycles. The van der Waals surface area contributed by atoms with Crippen molar-refractivity contribution < 1.29 is 9.13 Å². The van der Waals surface area contributed by atoms with Crippen LogP contribution in [0, 0.1) is 39.8 Å². The van der Waals surface area contributed by atoms with Crippen LogP contribution < -0.4 is 10.6 Å². The van der Waals surface area contributed by atoms with Gasteiger partial charge in [-0.05, 0) is 18.6 Å². The fourth-order valence-corrected chi connectivity index (χ4v) is 1.66. The third kappa shape index (κ3) is 4.49. The van der Waals surface area contributed by atoms with Gasteiger partial charge in [-0.15, -0.1) is 0 Å². The lowest BCUT2D eigenvalue weighted by Crippen LogP contribution is -2.10. The molecular formula is C15H14FN5O. The van der Waals surface area contributed by atoms with Gasteiger partial charge in [0.1, 0.15) is 29.7 Å². The number of halogens is 1. The molecule has 0 saturated carbocycles. The topological polar surface area (TPSA) is 105 Å². The van der Waals surface area contributed by atoms with Crippen LogP contribution in [-0.4, -0.2) is 20.3 Å². The van der Waals surface area contributed by atoms with Crippen molar-refractivity contribution in [3.63, 3.8) is 0 Å². The molecule has 0 radical (unpaired) electrons. The summed E-state index contributed by atoms with van der Waals surface area (Å²) in [5, 5.41) is 32.2. The smallest absolute Gasteiger partial charge is 0.163 e. The Bertz CT molecular complexity index is 663. The number of para-hydroxylation sites is 1. The summed E-state index contributed by atoms with van der Waals surface area (Å²) in [6, 6.07) is 9.25.